The minimum absolute atomic E-state index is 0.284. The smallest absolute Gasteiger partial charge is 0.251 e. The summed E-state index contributed by atoms with van der Waals surface area (Å²) in [5.74, 6) is 5.03. The van der Waals surface area contributed by atoms with Gasteiger partial charge in [0.15, 0.2) is 0 Å². The van der Waals surface area contributed by atoms with E-state index in [9.17, 15) is 9.59 Å². The monoisotopic (exact) mass is 288 g/mol. The van der Waals surface area contributed by atoms with Crippen LogP contribution in [0.1, 0.15) is 33.2 Å². The van der Waals surface area contributed by atoms with Gasteiger partial charge in [-0.15, -0.1) is 5.92 Å². The predicted molar refractivity (Wildman–Crippen MR) is 81.8 cm³/mol. The number of carbonyl (C=O) groups is 2. The summed E-state index contributed by atoms with van der Waals surface area (Å²) >= 11 is 0. The Balaban J connectivity index is 3.07. The molecule has 6 N–H and O–H groups in total. The highest BCUT2D eigenvalue weighted by molar-refractivity contribution is 6.00. The van der Waals surface area contributed by atoms with Crippen molar-refractivity contribution < 1.29 is 9.59 Å². The maximum atomic E-state index is 12.0. The summed E-state index contributed by atoms with van der Waals surface area (Å²) in [6.45, 7) is 3.14. The quantitative estimate of drug-likeness (QED) is 0.526. The maximum absolute atomic E-state index is 12.0. The molecule has 0 spiro atoms. The van der Waals surface area contributed by atoms with Gasteiger partial charge in [0.25, 0.3) is 11.8 Å². The molecule has 0 saturated carbocycles. The van der Waals surface area contributed by atoms with E-state index in [1.807, 2.05) is 0 Å². The molecule has 0 atom stereocenters. The van der Waals surface area contributed by atoms with Crippen molar-refractivity contribution >= 4 is 11.8 Å². The van der Waals surface area contributed by atoms with Crippen LogP contribution in [0.25, 0.3) is 0 Å². The second-order valence-electron chi connectivity index (χ2n) is 4.26. The summed E-state index contributed by atoms with van der Waals surface area (Å²) < 4.78 is 0. The number of hydrogen-bond donors (Lipinski definition) is 4. The topological polar surface area (TPSA) is 110 Å². The second-order valence-corrected chi connectivity index (χ2v) is 4.26. The normalized spacial score (nSPS) is 9.48. The Morgan fingerprint density at radius 3 is 1.86 bits per heavy atom. The van der Waals surface area contributed by atoms with Crippen LogP contribution in [-0.4, -0.2) is 38.0 Å². The molecule has 0 heterocycles. The highest BCUT2D eigenvalue weighted by Crippen LogP contribution is 2.10. The molecular formula is C15H20N4O2. The molecule has 1 rings (SSSR count). The molecule has 21 heavy (non-hydrogen) atoms. The van der Waals surface area contributed by atoms with Crippen molar-refractivity contribution in [3.63, 3.8) is 0 Å². The molecule has 0 radical (unpaired) electrons. The van der Waals surface area contributed by atoms with E-state index in [1.54, 1.807) is 19.1 Å². The van der Waals surface area contributed by atoms with Crippen LogP contribution in [0.4, 0.5) is 0 Å². The number of nitrogens with one attached hydrogen (secondary N) is 2. The Kier molecular flexibility index (Phi) is 6.95. The van der Waals surface area contributed by atoms with Crippen molar-refractivity contribution in [1.29, 1.82) is 0 Å². The zero-order valence-electron chi connectivity index (χ0n) is 12.0. The third kappa shape index (κ3) is 5.26. The molecule has 0 aromatic heterocycles. The SMILES string of the molecule is CC#Cc1cc(C(=O)NCCN)cc(C(=O)NCCN)c1. The molecule has 0 aliphatic rings. The maximum Gasteiger partial charge on any atom is 0.251 e. The van der Waals surface area contributed by atoms with Crippen molar-refractivity contribution in [2.24, 2.45) is 11.5 Å². The molecule has 0 unspecified atom stereocenters. The Hall–Kier alpha value is -2.36. The number of hydrogen-bond acceptors (Lipinski definition) is 4. The van der Waals surface area contributed by atoms with Gasteiger partial charge in [0.1, 0.15) is 0 Å². The number of amides is 2. The molecule has 0 bridgehead atoms. The first-order chi connectivity index (χ1) is 10.1. The van der Waals surface area contributed by atoms with Gasteiger partial charge in [0.2, 0.25) is 0 Å². The van der Waals surface area contributed by atoms with Crippen LogP contribution in [0.2, 0.25) is 0 Å². The average Bonchev–Trinajstić information content (AvgIpc) is 2.50. The van der Waals surface area contributed by atoms with E-state index in [0.29, 0.717) is 42.9 Å². The van der Waals surface area contributed by atoms with Crippen molar-refractivity contribution in [2.75, 3.05) is 26.2 Å². The second kappa shape index (κ2) is 8.74. The molecular weight excluding hydrogens is 268 g/mol. The minimum atomic E-state index is -0.284. The summed E-state index contributed by atoms with van der Waals surface area (Å²) in [4.78, 5) is 24.0. The van der Waals surface area contributed by atoms with E-state index in [-0.39, 0.29) is 11.8 Å². The lowest BCUT2D eigenvalue weighted by atomic mass is 10.0. The van der Waals surface area contributed by atoms with Gasteiger partial charge in [-0.2, -0.15) is 0 Å². The van der Waals surface area contributed by atoms with E-state index < -0.39 is 0 Å². The summed E-state index contributed by atoms with van der Waals surface area (Å²) in [5, 5.41) is 5.33. The van der Waals surface area contributed by atoms with Gasteiger partial charge in [0.05, 0.1) is 0 Å². The zero-order chi connectivity index (χ0) is 15.7. The summed E-state index contributed by atoms with van der Waals surface area (Å²) in [6, 6.07) is 4.81. The van der Waals surface area contributed by atoms with Crippen LogP contribution < -0.4 is 22.1 Å². The molecule has 0 fully saturated rings. The van der Waals surface area contributed by atoms with Crippen LogP contribution in [-0.2, 0) is 0 Å². The Morgan fingerprint density at radius 1 is 1.00 bits per heavy atom. The fourth-order valence-electron chi connectivity index (χ4n) is 1.68. The van der Waals surface area contributed by atoms with Gasteiger partial charge in [-0.05, 0) is 25.1 Å². The Morgan fingerprint density at radius 2 is 1.48 bits per heavy atom. The molecule has 6 heteroatoms. The third-order valence-corrected chi connectivity index (χ3v) is 2.59. The van der Waals surface area contributed by atoms with E-state index >= 15 is 0 Å². The Bertz CT molecular complexity index is 535. The van der Waals surface area contributed by atoms with Crippen LogP contribution in [0.5, 0.6) is 0 Å². The lowest BCUT2D eigenvalue weighted by Crippen LogP contribution is -2.31. The summed E-state index contributed by atoms with van der Waals surface area (Å²) in [5.41, 5.74) is 12.1. The molecule has 0 aliphatic heterocycles. The largest absolute Gasteiger partial charge is 0.351 e. The number of nitrogens with two attached hydrogens (primary N) is 2. The van der Waals surface area contributed by atoms with Gasteiger partial charge in [-0.1, -0.05) is 5.92 Å². The van der Waals surface area contributed by atoms with Crippen LogP contribution in [0.15, 0.2) is 18.2 Å². The molecule has 6 nitrogen and oxygen atoms in total. The van der Waals surface area contributed by atoms with Crippen LogP contribution in [0, 0.1) is 11.8 Å². The molecule has 1 aromatic carbocycles. The molecule has 2 amide bonds. The molecule has 1 aromatic rings. The Labute approximate surface area is 124 Å². The van der Waals surface area contributed by atoms with Crippen molar-refractivity contribution in [3.05, 3.63) is 34.9 Å². The summed E-state index contributed by atoms with van der Waals surface area (Å²) in [6.07, 6.45) is 0. The van der Waals surface area contributed by atoms with E-state index in [1.165, 1.54) is 6.07 Å². The fourth-order valence-corrected chi connectivity index (χ4v) is 1.68. The van der Waals surface area contributed by atoms with Gasteiger partial charge < -0.3 is 22.1 Å². The third-order valence-electron chi connectivity index (χ3n) is 2.59. The molecule has 0 aliphatic carbocycles. The first-order valence-electron chi connectivity index (χ1n) is 6.66. The lowest BCUT2D eigenvalue weighted by Gasteiger charge is -2.08. The van der Waals surface area contributed by atoms with E-state index in [4.69, 9.17) is 11.5 Å². The van der Waals surface area contributed by atoms with Gasteiger partial charge in [0, 0.05) is 42.9 Å². The van der Waals surface area contributed by atoms with Gasteiger partial charge in [-0.25, -0.2) is 0 Å². The van der Waals surface area contributed by atoms with Crippen molar-refractivity contribution in [1.82, 2.24) is 10.6 Å². The fraction of sp³-hybridized carbons (Fsp3) is 0.333. The first kappa shape index (κ1) is 16.7. The van der Waals surface area contributed by atoms with Crippen molar-refractivity contribution in [2.45, 2.75) is 6.92 Å². The minimum Gasteiger partial charge on any atom is -0.351 e. The number of benzene rings is 1. The zero-order valence-corrected chi connectivity index (χ0v) is 12.0. The number of rotatable bonds is 6. The van der Waals surface area contributed by atoms with Gasteiger partial charge in [-0.3, -0.25) is 9.59 Å². The standard InChI is InChI=1S/C15H20N4O2/c1-2-3-11-8-12(14(20)18-6-4-16)10-13(9-11)15(21)19-7-5-17/h8-10H,4-7,16-17H2,1H3,(H,18,20)(H,19,21). The molecule has 112 valence electrons. The van der Waals surface area contributed by atoms with Crippen LogP contribution in [0.3, 0.4) is 0 Å². The average molecular weight is 288 g/mol. The van der Waals surface area contributed by atoms with Gasteiger partial charge >= 0.3 is 0 Å². The molecule has 0 saturated heterocycles. The highest BCUT2D eigenvalue weighted by Gasteiger charge is 2.12. The van der Waals surface area contributed by atoms with Crippen molar-refractivity contribution in [3.8, 4) is 11.8 Å². The number of carbonyl (C=O) groups excluding carboxylic acids is 2. The predicted octanol–water partition coefficient (Wildman–Crippen LogP) is -0.565. The van der Waals surface area contributed by atoms with E-state index in [0.717, 1.165) is 0 Å². The first-order valence-corrected chi connectivity index (χ1v) is 6.66. The van der Waals surface area contributed by atoms with E-state index in [2.05, 4.69) is 22.5 Å². The lowest BCUT2D eigenvalue weighted by molar-refractivity contribution is 0.0954. The highest BCUT2D eigenvalue weighted by atomic mass is 16.2. The summed E-state index contributed by atoms with van der Waals surface area (Å²) in [7, 11) is 0. The van der Waals surface area contributed by atoms with Crippen LogP contribution >= 0.6 is 0 Å².